The molecule has 0 saturated heterocycles. The summed E-state index contributed by atoms with van der Waals surface area (Å²) in [5.74, 6) is 1.00. The third kappa shape index (κ3) is 1.77. The van der Waals surface area contributed by atoms with E-state index in [1.165, 1.54) is 12.1 Å². The van der Waals surface area contributed by atoms with Crippen LogP contribution in [0.2, 0.25) is 0 Å². The summed E-state index contributed by atoms with van der Waals surface area (Å²) >= 11 is 1.70. The van der Waals surface area contributed by atoms with Gasteiger partial charge in [0.1, 0.15) is 0 Å². The lowest BCUT2D eigenvalue weighted by Gasteiger charge is -2.17. The van der Waals surface area contributed by atoms with Gasteiger partial charge in [0.05, 0.1) is 0 Å². The molecule has 1 heterocycles. The highest BCUT2D eigenvalue weighted by Gasteiger charge is 2.13. The summed E-state index contributed by atoms with van der Waals surface area (Å²) in [6.45, 7) is 0.852. The van der Waals surface area contributed by atoms with E-state index in [1.54, 1.807) is 17.8 Å². The average Bonchev–Trinajstić information content (AvgIpc) is 2.17. The van der Waals surface area contributed by atoms with E-state index in [-0.39, 0.29) is 5.56 Å². The predicted molar refractivity (Wildman–Crippen MR) is 50.6 cm³/mol. The van der Waals surface area contributed by atoms with E-state index in [2.05, 4.69) is 5.32 Å². The molecule has 13 heavy (non-hydrogen) atoms. The smallest absolute Gasteiger partial charge is 0.263 e. The number of benzene rings is 1. The molecule has 0 saturated carbocycles. The maximum Gasteiger partial charge on any atom is 0.263 e. The van der Waals surface area contributed by atoms with Crippen molar-refractivity contribution >= 4 is 17.4 Å². The second-order valence-corrected chi connectivity index (χ2v) is 3.97. The van der Waals surface area contributed by atoms with Crippen LogP contribution in [0, 0.1) is 0 Å². The lowest BCUT2D eigenvalue weighted by molar-refractivity contribution is 0.151. The molecule has 4 heteroatoms. The highest BCUT2D eigenvalue weighted by molar-refractivity contribution is 7.99. The Balaban J connectivity index is 2.35. The van der Waals surface area contributed by atoms with Crippen molar-refractivity contribution in [3.05, 3.63) is 23.8 Å². The van der Waals surface area contributed by atoms with Crippen molar-refractivity contribution in [3.8, 4) is 0 Å². The SMILES string of the molecule is FC(F)c1ccc2c(c1)NCCS2. The van der Waals surface area contributed by atoms with Gasteiger partial charge in [-0.15, -0.1) is 11.8 Å². The van der Waals surface area contributed by atoms with Gasteiger partial charge < -0.3 is 5.32 Å². The molecule has 1 aliphatic rings. The summed E-state index contributed by atoms with van der Waals surface area (Å²) < 4.78 is 24.6. The Bertz CT molecular complexity index is 314. The Morgan fingerprint density at radius 1 is 1.38 bits per heavy atom. The largest absolute Gasteiger partial charge is 0.383 e. The van der Waals surface area contributed by atoms with Crippen LogP contribution in [0.15, 0.2) is 23.1 Å². The lowest BCUT2D eigenvalue weighted by Crippen LogP contribution is -2.10. The number of rotatable bonds is 1. The summed E-state index contributed by atoms with van der Waals surface area (Å²) in [5, 5.41) is 3.10. The third-order valence-corrected chi connectivity index (χ3v) is 3.01. The lowest BCUT2D eigenvalue weighted by atomic mass is 10.2. The van der Waals surface area contributed by atoms with E-state index in [9.17, 15) is 8.78 Å². The van der Waals surface area contributed by atoms with Crippen LogP contribution in [-0.2, 0) is 0 Å². The summed E-state index contributed by atoms with van der Waals surface area (Å²) in [6, 6.07) is 4.78. The molecule has 2 rings (SSSR count). The van der Waals surface area contributed by atoms with Crippen LogP contribution in [0.3, 0.4) is 0 Å². The Morgan fingerprint density at radius 3 is 3.00 bits per heavy atom. The van der Waals surface area contributed by atoms with E-state index in [1.807, 2.05) is 0 Å². The highest BCUT2D eigenvalue weighted by atomic mass is 32.2. The van der Waals surface area contributed by atoms with Crippen LogP contribution in [0.4, 0.5) is 14.5 Å². The minimum absolute atomic E-state index is 0.0914. The molecule has 0 fully saturated rings. The van der Waals surface area contributed by atoms with Gasteiger partial charge in [0.15, 0.2) is 0 Å². The van der Waals surface area contributed by atoms with Crippen molar-refractivity contribution in [2.24, 2.45) is 0 Å². The van der Waals surface area contributed by atoms with Crippen LogP contribution in [-0.4, -0.2) is 12.3 Å². The third-order valence-electron chi connectivity index (χ3n) is 1.93. The predicted octanol–water partition coefficient (Wildman–Crippen LogP) is 3.14. The molecule has 1 N–H and O–H groups in total. The first kappa shape index (κ1) is 8.81. The zero-order chi connectivity index (χ0) is 9.26. The zero-order valence-corrected chi connectivity index (χ0v) is 7.70. The number of hydrogen-bond donors (Lipinski definition) is 1. The number of anilines is 1. The van der Waals surface area contributed by atoms with Crippen LogP contribution in [0.5, 0.6) is 0 Å². The zero-order valence-electron chi connectivity index (χ0n) is 6.89. The van der Waals surface area contributed by atoms with E-state index in [0.717, 1.165) is 22.9 Å². The van der Waals surface area contributed by atoms with E-state index in [0.29, 0.717) is 0 Å². The van der Waals surface area contributed by atoms with Gasteiger partial charge in [0, 0.05) is 28.4 Å². The monoisotopic (exact) mass is 201 g/mol. The van der Waals surface area contributed by atoms with Crippen LogP contribution in [0.1, 0.15) is 12.0 Å². The second-order valence-electron chi connectivity index (χ2n) is 2.83. The van der Waals surface area contributed by atoms with Crippen molar-refractivity contribution < 1.29 is 8.78 Å². The number of alkyl halides is 2. The van der Waals surface area contributed by atoms with Crippen molar-refractivity contribution in [2.75, 3.05) is 17.6 Å². The molecule has 0 unspecified atom stereocenters. The fraction of sp³-hybridized carbons (Fsp3) is 0.333. The van der Waals surface area contributed by atoms with Gasteiger partial charge in [-0.3, -0.25) is 0 Å². The maximum atomic E-state index is 12.3. The second kappa shape index (κ2) is 3.54. The van der Waals surface area contributed by atoms with Gasteiger partial charge in [-0.25, -0.2) is 8.78 Å². The van der Waals surface area contributed by atoms with E-state index >= 15 is 0 Å². The fourth-order valence-electron chi connectivity index (χ4n) is 1.29. The van der Waals surface area contributed by atoms with E-state index in [4.69, 9.17) is 0 Å². The Labute approximate surface area is 79.5 Å². The summed E-state index contributed by atoms with van der Waals surface area (Å²) in [4.78, 5) is 1.07. The standard InChI is InChI=1S/C9H9F2NS/c10-9(11)6-1-2-8-7(5-6)12-3-4-13-8/h1-2,5,9,12H,3-4H2. The van der Waals surface area contributed by atoms with Gasteiger partial charge >= 0.3 is 0 Å². The Morgan fingerprint density at radius 2 is 2.23 bits per heavy atom. The maximum absolute atomic E-state index is 12.3. The molecule has 1 aliphatic heterocycles. The van der Waals surface area contributed by atoms with Gasteiger partial charge in [-0.1, -0.05) is 6.07 Å². The molecule has 1 aromatic rings. The van der Waals surface area contributed by atoms with Gasteiger partial charge in [0.25, 0.3) is 6.43 Å². The Hall–Kier alpha value is -0.770. The molecule has 0 atom stereocenters. The van der Waals surface area contributed by atoms with Crippen LogP contribution < -0.4 is 5.32 Å². The van der Waals surface area contributed by atoms with Gasteiger partial charge in [-0.2, -0.15) is 0 Å². The summed E-state index contributed by atoms with van der Waals surface area (Å²) in [6.07, 6.45) is -2.38. The molecule has 1 aromatic carbocycles. The minimum atomic E-state index is -2.38. The number of hydrogen-bond acceptors (Lipinski definition) is 2. The first-order valence-corrected chi connectivity index (χ1v) is 5.05. The number of thioether (sulfide) groups is 1. The molecule has 0 aliphatic carbocycles. The molecule has 0 spiro atoms. The van der Waals surface area contributed by atoms with Crippen molar-refractivity contribution in [1.29, 1.82) is 0 Å². The van der Waals surface area contributed by atoms with Gasteiger partial charge in [0.2, 0.25) is 0 Å². The number of fused-ring (bicyclic) bond motifs is 1. The molecular weight excluding hydrogens is 192 g/mol. The molecule has 0 amide bonds. The average molecular weight is 201 g/mol. The quantitative estimate of drug-likeness (QED) is 0.749. The molecule has 70 valence electrons. The summed E-state index contributed by atoms with van der Waals surface area (Å²) in [5.41, 5.74) is 0.933. The first-order chi connectivity index (χ1) is 6.27. The van der Waals surface area contributed by atoms with Crippen LogP contribution >= 0.6 is 11.8 Å². The molecular formula is C9H9F2NS. The fourth-order valence-corrected chi connectivity index (χ4v) is 2.17. The van der Waals surface area contributed by atoms with E-state index < -0.39 is 6.43 Å². The number of nitrogens with one attached hydrogen (secondary N) is 1. The number of halogens is 2. The Kier molecular flexibility index (Phi) is 2.40. The molecule has 1 nitrogen and oxygen atoms in total. The van der Waals surface area contributed by atoms with Crippen molar-refractivity contribution in [2.45, 2.75) is 11.3 Å². The topological polar surface area (TPSA) is 12.0 Å². The van der Waals surface area contributed by atoms with Crippen LogP contribution in [0.25, 0.3) is 0 Å². The first-order valence-electron chi connectivity index (χ1n) is 4.06. The normalized spacial score (nSPS) is 15.3. The van der Waals surface area contributed by atoms with Crippen molar-refractivity contribution in [3.63, 3.8) is 0 Å². The summed E-state index contributed by atoms with van der Waals surface area (Å²) in [7, 11) is 0. The molecule has 0 radical (unpaired) electrons. The molecule has 0 bridgehead atoms. The van der Waals surface area contributed by atoms with Gasteiger partial charge in [-0.05, 0) is 12.1 Å². The van der Waals surface area contributed by atoms with Crippen molar-refractivity contribution in [1.82, 2.24) is 0 Å². The highest BCUT2D eigenvalue weighted by Crippen LogP contribution is 2.33. The molecule has 0 aromatic heterocycles. The minimum Gasteiger partial charge on any atom is -0.383 e.